The SMILES string of the molecule is CC[C@@H]1CN(c2ccncc2F)CCN1C(=O)N[C@H](C)c1cccc(OC)c1. The maximum absolute atomic E-state index is 14.1. The zero-order chi connectivity index (χ0) is 20.1. The number of anilines is 1. The van der Waals surface area contributed by atoms with Crippen molar-refractivity contribution >= 4 is 11.7 Å². The summed E-state index contributed by atoms with van der Waals surface area (Å²) in [5.74, 6) is 0.430. The zero-order valence-corrected chi connectivity index (χ0v) is 16.6. The van der Waals surface area contributed by atoms with Gasteiger partial charge < -0.3 is 19.9 Å². The van der Waals surface area contributed by atoms with Gasteiger partial charge in [-0.05, 0) is 37.1 Å². The molecule has 1 saturated heterocycles. The van der Waals surface area contributed by atoms with Crippen LogP contribution in [0.3, 0.4) is 0 Å². The first-order valence-corrected chi connectivity index (χ1v) is 9.59. The predicted octanol–water partition coefficient (Wildman–Crippen LogP) is 3.60. The summed E-state index contributed by atoms with van der Waals surface area (Å²) in [4.78, 5) is 20.5. The van der Waals surface area contributed by atoms with Crippen molar-refractivity contribution in [2.24, 2.45) is 0 Å². The molecule has 28 heavy (non-hydrogen) atoms. The van der Waals surface area contributed by atoms with Gasteiger partial charge in [-0.1, -0.05) is 19.1 Å². The summed E-state index contributed by atoms with van der Waals surface area (Å²) in [6.07, 6.45) is 3.61. The number of carbonyl (C=O) groups is 1. The number of piperazine rings is 1. The fourth-order valence-corrected chi connectivity index (χ4v) is 3.58. The number of pyridine rings is 1. The van der Waals surface area contributed by atoms with Crippen LogP contribution >= 0.6 is 0 Å². The monoisotopic (exact) mass is 386 g/mol. The van der Waals surface area contributed by atoms with Gasteiger partial charge in [-0.15, -0.1) is 0 Å². The molecule has 3 rings (SSSR count). The maximum atomic E-state index is 14.1. The van der Waals surface area contributed by atoms with E-state index >= 15 is 0 Å². The Hall–Kier alpha value is -2.83. The number of hydrogen-bond acceptors (Lipinski definition) is 4. The number of rotatable bonds is 5. The van der Waals surface area contributed by atoms with Gasteiger partial charge in [0.05, 0.1) is 31.1 Å². The Morgan fingerprint density at radius 2 is 2.21 bits per heavy atom. The topological polar surface area (TPSA) is 57.7 Å². The van der Waals surface area contributed by atoms with E-state index in [1.807, 2.05) is 47.9 Å². The minimum atomic E-state index is -0.332. The van der Waals surface area contributed by atoms with E-state index in [0.29, 0.717) is 25.3 Å². The lowest BCUT2D eigenvalue weighted by Gasteiger charge is -2.42. The molecule has 6 nitrogen and oxygen atoms in total. The van der Waals surface area contributed by atoms with Crippen molar-refractivity contribution in [1.29, 1.82) is 0 Å². The molecule has 1 aromatic heterocycles. The van der Waals surface area contributed by atoms with E-state index in [-0.39, 0.29) is 23.9 Å². The maximum Gasteiger partial charge on any atom is 0.318 e. The highest BCUT2D eigenvalue weighted by Crippen LogP contribution is 2.24. The Labute approximate surface area is 165 Å². The lowest BCUT2D eigenvalue weighted by molar-refractivity contribution is 0.161. The average molecular weight is 386 g/mol. The number of urea groups is 1. The molecule has 1 fully saturated rings. The van der Waals surface area contributed by atoms with Crippen molar-refractivity contribution in [3.63, 3.8) is 0 Å². The Balaban J connectivity index is 1.66. The van der Waals surface area contributed by atoms with Crippen molar-refractivity contribution in [2.45, 2.75) is 32.4 Å². The Bertz CT molecular complexity index is 816. The number of nitrogens with one attached hydrogen (secondary N) is 1. The third-order valence-electron chi connectivity index (χ3n) is 5.24. The largest absolute Gasteiger partial charge is 0.497 e. The second-order valence-electron chi connectivity index (χ2n) is 6.98. The van der Waals surface area contributed by atoms with Gasteiger partial charge in [-0.25, -0.2) is 9.18 Å². The third-order valence-corrected chi connectivity index (χ3v) is 5.24. The predicted molar refractivity (Wildman–Crippen MR) is 107 cm³/mol. The Morgan fingerprint density at radius 1 is 1.39 bits per heavy atom. The lowest BCUT2D eigenvalue weighted by atomic mass is 10.1. The molecule has 0 spiro atoms. The van der Waals surface area contributed by atoms with Crippen LogP contribution in [-0.4, -0.2) is 48.7 Å². The van der Waals surface area contributed by atoms with Crippen LogP contribution in [0.5, 0.6) is 5.75 Å². The molecule has 2 aromatic rings. The number of carbonyl (C=O) groups excluding carboxylic acids is 1. The third kappa shape index (κ3) is 4.35. The van der Waals surface area contributed by atoms with E-state index < -0.39 is 0 Å². The van der Waals surface area contributed by atoms with Crippen LogP contribution in [0.25, 0.3) is 0 Å². The molecule has 0 bridgehead atoms. The number of hydrogen-bond donors (Lipinski definition) is 1. The van der Waals surface area contributed by atoms with Crippen molar-refractivity contribution in [3.05, 3.63) is 54.1 Å². The second kappa shape index (κ2) is 8.91. The number of nitrogens with zero attached hydrogens (tertiary/aromatic N) is 3. The fourth-order valence-electron chi connectivity index (χ4n) is 3.58. The van der Waals surface area contributed by atoms with Gasteiger partial charge in [0.2, 0.25) is 0 Å². The van der Waals surface area contributed by atoms with Gasteiger partial charge in [-0.2, -0.15) is 0 Å². The van der Waals surface area contributed by atoms with Crippen LogP contribution in [0.4, 0.5) is 14.9 Å². The first-order chi connectivity index (χ1) is 13.5. The average Bonchev–Trinajstić information content (AvgIpc) is 2.73. The van der Waals surface area contributed by atoms with Gasteiger partial charge in [0.25, 0.3) is 0 Å². The van der Waals surface area contributed by atoms with Crippen molar-refractivity contribution in [1.82, 2.24) is 15.2 Å². The van der Waals surface area contributed by atoms with Crippen molar-refractivity contribution in [2.75, 3.05) is 31.6 Å². The summed E-state index contributed by atoms with van der Waals surface area (Å²) in [5.41, 5.74) is 1.52. The van der Waals surface area contributed by atoms with Crippen LogP contribution in [0, 0.1) is 5.82 Å². The summed E-state index contributed by atoms with van der Waals surface area (Å²) in [5, 5.41) is 3.08. The number of amides is 2. The van der Waals surface area contributed by atoms with Gasteiger partial charge in [0.1, 0.15) is 5.75 Å². The summed E-state index contributed by atoms with van der Waals surface area (Å²) < 4.78 is 19.3. The highest BCUT2D eigenvalue weighted by molar-refractivity contribution is 5.75. The van der Waals surface area contributed by atoms with Crippen LogP contribution in [-0.2, 0) is 0 Å². The molecule has 0 unspecified atom stereocenters. The smallest absolute Gasteiger partial charge is 0.318 e. The van der Waals surface area contributed by atoms with E-state index in [9.17, 15) is 9.18 Å². The van der Waals surface area contributed by atoms with Crippen LogP contribution in [0.15, 0.2) is 42.7 Å². The summed E-state index contributed by atoms with van der Waals surface area (Å²) in [6.45, 7) is 5.72. The fraction of sp³-hybridized carbons (Fsp3) is 0.429. The van der Waals surface area contributed by atoms with E-state index in [1.165, 1.54) is 6.20 Å². The normalized spacial score (nSPS) is 17.9. The molecule has 2 amide bonds. The number of aromatic nitrogens is 1. The first kappa shape index (κ1) is 19.9. The summed E-state index contributed by atoms with van der Waals surface area (Å²) >= 11 is 0. The minimum Gasteiger partial charge on any atom is -0.497 e. The van der Waals surface area contributed by atoms with Gasteiger partial charge >= 0.3 is 6.03 Å². The minimum absolute atomic E-state index is 0.0128. The zero-order valence-electron chi connectivity index (χ0n) is 16.6. The van der Waals surface area contributed by atoms with E-state index in [0.717, 1.165) is 17.7 Å². The van der Waals surface area contributed by atoms with Crippen LogP contribution in [0.2, 0.25) is 0 Å². The molecule has 1 aliphatic heterocycles. The molecule has 2 heterocycles. The molecule has 7 heteroatoms. The molecule has 1 aliphatic rings. The molecule has 2 atom stereocenters. The molecule has 1 N–H and O–H groups in total. The summed E-state index contributed by atoms with van der Waals surface area (Å²) in [7, 11) is 1.62. The molecule has 1 aromatic carbocycles. The van der Waals surface area contributed by atoms with Gasteiger partial charge in [0.15, 0.2) is 5.82 Å². The van der Waals surface area contributed by atoms with Gasteiger partial charge in [-0.3, -0.25) is 4.98 Å². The standard InChI is InChI=1S/C21H27FN4O2/c1-4-17-14-25(20-8-9-23-13-19(20)22)10-11-26(17)21(27)24-15(2)16-6-5-7-18(12-16)28-3/h5-9,12-13,15,17H,4,10-11,14H2,1-3H3,(H,24,27)/t15-,17-/m1/s1. The van der Waals surface area contributed by atoms with E-state index in [1.54, 1.807) is 19.4 Å². The number of ether oxygens (including phenoxy) is 1. The molecule has 0 radical (unpaired) electrons. The molecule has 150 valence electrons. The van der Waals surface area contributed by atoms with Gasteiger partial charge in [0, 0.05) is 25.8 Å². The van der Waals surface area contributed by atoms with Crippen molar-refractivity contribution < 1.29 is 13.9 Å². The number of benzene rings is 1. The lowest BCUT2D eigenvalue weighted by Crippen LogP contribution is -2.57. The molecule has 0 saturated carbocycles. The Morgan fingerprint density at radius 3 is 2.93 bits per heavy atom. The Kier molecular flexibility index (Phi) is 6.34. The van der Waals surface area contributed by atoms with Crippen LogP contribution in [0.1, 0.15) is 31.9 Å². The first-order valence-electron chi connectivity index (χ1n) is 9.59. The number of methoxy groups -OCH3 is 1. The van der Waals surface area contributed by atoms with E-state index in [4.69, 9.17) is 4.74 Å². The van der Waals surface area contributed by atoms with Crippen molar-refractivity contribution in [3.8, 4) is 5.75 Å². The molecular weight excluding hydrogens is 359 g/mol. The molecule has 0 aliphatic carbocycles. The number of halogens is 1. The van der Waals surface area contributed by atoms with Crippen LogP contribution < -0.4 is 15.0 Å². The summed E-state index contributed by atoms with van der Waals surface area (Å²) in [6, 6.07) is 9.13. The highest BCUT2D eigenvalue weighted by Gasteiger charge is 2.31. The highest BCUT2D eigenvalue weighted by atomic mass is 19.1. The second-order valence-corrected chi connectivity index (χ2v) is 6.98. The van der Waals surface area contributed by atoms with E-state index in [2.05, 4.69) is 10.3 Å². The molecular formula is C21H27FN4O2. The quantitative estimate of drug-likeness (QED) is 0.853.